The molecule has 0 aliphatic heterocycles. The Bertz CT molecular complexity index is 352. The molecule has 0 aliphatic carbocycles. The van der Waals surface area contributed by atoms with E-state index in [4.69, 9.17) is 11.6 Å². The Morgan fingerprint density at radius 1 is 1.43 bits per heavy atom. The third kappa shape index (κ3) is 2.29. The van der Waals surface area contributed by atoms with Gasteiger partial charge in [0, 0.05) is 6.42 Å². The van der Waals surface area contributed by atoms with Crippen molar-refractivity contribution in [3.63, 3.8) is 0 Å². The second-order valence-electron chi connectivity index (χ2n) is 3.09. The van der Waals surface area contributed by atoms with E-state index in [1.54, 1.807) is 6.92 Å². The Morgan fingerprint density at radius 2 is 2.07 bits per heavy atom. The van der Waals surface area contributed by atoms with Crippen LogP contribution < -0.4 is 0 Å². The molecule has 0 saturated heterocycles. The van der Waals surface area contributed by atoms with Gasteiger partial charge in [-0.25, -0.2) is 8.78 Å². The van der Waals surface area contributed by atoms with Crippen LogP contribution in [0, 0.1) is 11.6 Å². The van der Waals surface area contributed by atoms with Crippen molar-refractivity contribution in [2.45, 2.75) is 19.3 Å². The molecule has 0 bridgehead atoms. The molecule has 0 aromatic heterocycles. The quantitative estimate of drug-likeness (QED) is 0.562. The third-order valence-electron chi connectivity index (χ3n) is 2.02. The van der Waals surface area contributed by atoms with E-state index in [0.29, 0.717) is 6.29 Å². The minimum Gasteiger partial charge on any atom is -0.303 e. The highest BCUT2D eigenvalue weighted by molar-refractivity contribution is 6.30. The minimum atomic E-state index is -0.666. The number of hydrogen-bond donors (Lipinski definition) is 0. The number of benzene rings is 1. The number of carbonyl (C=O) groups excluding carboxylic acids is 1. The zero-order valence-corrected chi connectivity index (χ0v) is 8.31. The summed E-state index contributed by atoms with van der Waals surface area (Å²) in [5, 5.41) is -0.246. The summed E-state index contributed by atoms with van der Waals surface area (Å²) in [6.45, 7) is 1.65. The first-order valence-electron chi connectivity index (χ1n) is 4.14. The molecular weight excluding hydrogens is 210 g/mol. The molecule has 0 amide bonds. The van der Waals surface area contributed by atoms with Crippen LogP contribution in [0.5, 0.6) is 0 Å². The Balaban J connectivity index is 3.08. The van der Waals surface area contributed by atoms with E-state index in [1.165, 1.54) is 0 Å². The van der Waals surface area contributed by atoms with E-state index in [1.807, 2.05) is 0 Å². The summed E-state index contributed by atoms with van der Waals surface area (Å²) in [5.74, 6) is -1.58. The van der Waals surface area contributed by atoms with E-state index in [9.17, 15) is 13.6 Å². The maximum absolute atomic E-state index is 13.2. The molecule has 14 heavy (non-hydrogen) atoms. The Labute approximate surface area is 85.7 Å². The number of hydrogen-bond acceptors (Lipinski definition) is 1. The van der Waals surface area contributed by atoms with Crippen molar-refractivity contribution in [1.29, 1.82) is 0 Å². The van der Waals surface area contributed by atoms with Crippen molar-refractivity contribution in [2.24, 2.45) is 0 Å². The molecular formula is C10H9ClF2O. The monoisotopic (exact) mass is 218 g/mol. The number of halogens is 3. The first-order chi connectivity index (χ1) is 6.56. The van der Waals surface area contributed by atoms with Crippen LogP contribution in [0.25, 0.3) is 0 Å². The highest BCUT2D eigenvalue weighted by atomic mass is 35.5. The average Bonchev–Trinajstić information content (AvgIpc) is 2.11. The molecule has 1 rings (SSSR count). The minimum absolute atomic E-state index is 0.165. The van der Waals surface area contributed by atoms with Crippen molar-refractivity contribution in [3.8, 4) is 0 Å². The van der Waals surface area contributed by atoms with E-state index < -0.39 is 11.6 Å². The average molecular weight is 219 g/mol. The molecule has 1 atom stereocenters. The van der Waals surface area contributed by atoms with Crippen molar-refractivity contribution in [1.82, 2.24) is 0 Å². The molecule has 0 spiro atoms. The normalized spacial score (nSPS) is 12.6. The van der Waals surface area contributed by atoms with Crippen molar-refractivity contribution in [2.75, 3.05) is 0 Å². The molecule has 0 heterocycles. The lowest BCUT2D eigenvalue weighted by Crippen LogP contribution is -1.99. The van der Waals surface area contributed by atoms with Gasteiger partial charge in [0.1, 0.15) is 17.9 Å². The van der Waals surface area contributed by atoms with Gasteiger partial charge >= 0.3 is 0 Å². The maximum Gasteiger partial charge on any atom is 0.142 e. The number of rotatable bonds is 3. The number of carbonyl (C=O) groups is 1. The van der Waals surface area contributed by atoms with Crippen LogP contribution in [0.15, 0.2) is 12.1 Å². The Hall–Kier alpha value is -0.960. The summed E-state index contributed by atoms with van der Waals surface area (Å²) in [6.07, 6.45) is 0.842. The van der Waals surface area contributed by atoms with Gasteiger partial charge in [-0.1, -0.05) is 18.5 Å². The fourth-order valence-electron chi connectivity index (χ4n) is 1.19. The Kier molecular flexibility index (Phi) is 3.58. The van der Waals surface area contributed by atoms with Gasteiger partial charge in [0.15, 0.2) is 0 Å². The summed E-state index contributed by atoms with van der Waals surface area (Å²) >= 11 is 5.38. The van der Waals surface area contributed by atoms with Gasteiger partial charge < -0.3 is 4.79 Å². The van der Waals surface area contributed by atoms with Crippen molar-refractivity contribution in [3.05, 3.63) is 34.4 Å². The summed E-state index contributed by atoms with van der Waals surface area (Å²) < 4.78 is 26.2. The lowest BCUT2D eigenvalue weighted by atomic mass is 9.98. The first-order valence-corrected chi connectivity index (χ1v) is 4.52. The molecule has 0 saturated carbocycles. The predicted octanol–water partition coefficient (Wildman–Crippen LogP) is 3.31. The summed E-state index contributed by atoms with van der Waals surface area (Å²) in [7, 11) is 0. The highest BCUT2D eigenvalue weighted by Gasteiger charge is 2.13. The Morgan fingerprint density at radius 3 is 2.64 bits per heavy atom. The standard InChI is InChI=1S/C10H9ClF2O/c1-6(2-3-14)7-4-10(13)8(11)5-9(7)12/h3-6H,2H2,1H3. The molecule has 0 radical (unpaired) electrons. The van der Waals surface area contributed by atoms with Gasteiger partial charge in [0.2, 0.25) is 0 Å². The second-order valence-corrected chi connectivity index (χ2v) is 3.50. The molecule has 0 fully saturated rings. The fraction of sp³-hybridized carbons (Fsp3) is 0.300. The predicted molar refractivity (Wildman–Crippen MR) is 50.5 cm³/mol. The fourth-order valence-corrected chi connectivity index (χ4v) is 1.34. The van der Waals surface area contributed by atoms with E-state index in [0.717, 1.165) is 12.1 Å². The SMILES string of the molecule is CC(CC=O)c1cc(F)c(Cl)cc1F. The smallest absolute Gasteiger partial charge is 0.142 e. The van der Waals surface area contributed by atoms with Gasteiger partial charge in [0.05, 0.1) is 5.02 Å². The van der Waals surface area contributed by atoms with Crippen LogP contribution >= 0.6 is 11.6 Å². The molecule has 76 valence electrons. The van der Waals surface area contributed by atoms with Crippen molar-refractivity contribution < 1.29 is 13.6 Å². The van der Waals surface area contributed by atoms with Crippen molar-refractivity contribution >= 4 is 17.9 Å². The second kappa shape index (κ2) is 4.51. The van der Waals surface area contributed by atoms with Crippen LogP contribution in [0.2, 0.25) is 5.02 Å². The first kappa shape index (κ1) is 11.1. The number of aldehydes is 1. The molecule has 0 aliphatic rings. The lowest BCUT2D eigenvalue weighted by Gasteiger charge is -2.09. The molecule has 0 N–H and O–H groups in total. The molecule has 1 unspecified atom stereocenters. The van der Waals surface area contributed by atoms with E-state index in [2.05, 4.69) is 0 Å². The van der Waals surface area contributed by atoms with Gasteiger partial charge in [0.25, 0.3) is 0 Å². The van der Waals surface area contributed by atoms with Gasteiger partial charge in [-0.2, -0.15) is 0 Å². The zero-order valence-electron chi connectivity index (χ0n) is 7.56. The molecule has 1 aromatic rings. The van der Waals surface area contributed by atoms with Gasteiger partial charge in [-0.15, -0.1) is 0 Å². The van der Waals surface area contributed by atoms with Crippen LogP contribution in [0.4, 0.5) is 8.78 Å². The largest absolute Gasteiger partial charge is 0.303 e. The van der Waals surface area contributed by atoms with E-state index in [-0.39, 0.29) is 22.9 Å². The maximum atomic E-state index is 13.2. The van der Waals surface area contributed by atoms with Crippen LogP contribution in [-0.4, -0.2) is 6.29 Å². The summed E-state index contributed by atoms with van der Waals surface area (Å²) in [4.78, 5) is 10.2. The lowest BCUT2D eigenvalue weighted by molar-refractivity contribution is -0.108. The molecule has 1 nitrogen and oxygen atoms in total. The molecule has 4 heteroatoms. The van der Waals surface area contributed by atoms with Gasteiger partial charge in [-0.05, 0) is 23.6 Å². The highest BCUT2D eigenvalue weighted by Crippen LogP contribution is 2.26. The third-order valence-corrected chi connectivity index (χ3v) is 2.31. The topological polar surface area (TPSA) is 17.1 Å². The molecule has 1 aromatic carbocycles. The van der Waals surface area contributed by atoms with E-state index >= 15 is 0 Å². The summed E-state index contributed by atoms with van der Waals surface area (Å²) in [6, 6.07) is 1.96. The van der Waals surface area contributed by atoms with Crippen LogP contribution in [0.3, 0.4) is 0 Å². The van der Waals surface area contributed by atoms with Crippen LogP contribution in [0.1, 0.15) is 24.8 Å². The summed E-state index contributed by atoms with van der Waals surface area (Å²) in [5.41, 5.74) is 0.180. The van der Waals surface area contributed by atoms with Crippen LogP contribution in [-0.2, 0) is 4.79 Å². The van der Waals surface area contributed by atoms with Gasteiger partial charge in [-0.3, -0.25) is 0 Å². The zero-order chi connectivity index (χ0) is 10.7.